The summed E-state index contributed by atoms with van der Waals surface area (Å²) in [4.78, 5) is 31.6. The zero-order valence-electron chi connectivity index (χ0n) is 17.9. The SMILES string of the molecule is COc1ccc(NC(=O)c2ccc(-c3cc(C(=O)N(C)C4CC4)ccc3C)nc2)cc1. The number of ether oxygens (including phenoxy) is 1. The van der Waals surface area contributed by atoms with Crippen molar-refractivity contribution in [1.29, 1.82) is 0 Å². The van der Waals surface area contributed by atoms with Crippen LogP contribution in [0.4, 0.5) is 5.69 Å². The van der Waals surface area contributed by atoms with Gasteiger partial charge in [0.05, 0.1) is 18.4 Å². The number of amides is 2. The van der Waals surface area contributed by atoms with Crippen molar-refractivity contribution < 1.29 is 14.3 Å². The fourth-order valence-electron chi connectivity index (χ4n) is 3.43. The standard InChI is InChI=1S/C25H25N3O3/c1-16-4-5-17(25(30)28(2)20-9-10-20)14-22(16)23-13-6-18(15-26-23)24(29)27-19-7-11-21(31-3)12-8-19/h4-8,11-15,20H,9-10H2,1-3H3,(H,27,29). The van der Waals surface area contributed by atoms with Crippen molar-refractivity contribution in [3.63, 3.8) is 0 Å². The molecule has 0 bridgehead atoms. The van der Waals surface area contributed by atoms with E-state index in [4.69, 9.17) is 4.74 Å². The smallest absolute Gasteiger partial charge is 0.257 e. The lowest BCUT2D eigenvalue weighted by atomic mass is 10.0. The zero-order chi connectivity index (χ0) is 22.0. The molecule has 31 heavy (non-hydrogen) atoms. The van der Waals surface area contributed by atoms with Crippen molar-refractivity contribution in [2.75, 3.05) is 19.5 Å². The highest BCUT2D eigenvalue weighted by atomic mass is 16.5. The summed E-state index contributed by atoms with van der Waals surface area (Å²) in [5.41, 5.74) is 4.42. The second-order valence-electron chi connectivity index (χ2n) is 7.79. The summed E-state index contributed by atoms with van der Waals surface area (Å²) in [6.45, 7) is 1.99. The lowest BCUT2D eigenvalue weighted by molar-refractivity contribution is 0.0785. The summed E-state index contributed by atoms with van der Waals surface area (Å²) in [6.07, 6.45) is 3.70. The van der Waals surface area contributed by atoms with E-state index in [1.807, 2.05) is 43.1 Å². The third-order valence-electron chi connectivity index (χ3n) is 5.55. The van der Waals surface area contributed by atoms with Gasteiger partial charge in [-0.25, -0.2) is 0 Å². The molecule has 1 N–H and O–H groups in total. The molecule has 1 fully saturated rings. The summed E-state index contributed by atoms with van der Waals surface area (Å²) in [5.74, 6) is 0.513. The van der Waals surface area contributed by atoms with Gasteiger partial charge in [0.1, 0.15) is 5.75 Å². The first-order valence-electron chi connectivity index (χ1n) is 10.3. The van der Waals surface area contributed by atoms with E-state index in [0.717, 1.165) is 35.4 Å². The molecule has 2 aromatic carbocycles. The molecule has 6 nitrogen and oxygen atoms in total. The van der Waals surface area contributed by atoms with Gasteiger partial charge in [0, 0.05) is 36.1 Å². The van der Waals surface area contributed by atoms with E-state index in [-0.39, 0.29) is 11.8 Å². The maximum absolute atomic E-state index is 12.7. The van der Waals surface area contributed by atoms with E-state index in [2.05, 4.69) is 10.3 Å². The monoisotopic (exact) mass is 415 g/mol. The topological polar surface area (TPSA) is 71.5 Å². The van der Waals surface area contributed by atoms with Gasteiger partial charge in [-0.05, 0) is 73.9 Å². The molecule has 0 radical (unpaired) electrons. The van der Waals surface area contributed by atoms with E-state index in [0.29, 0.717) is 22.9 Å². The van der Waals surface area contributed by atoms with Crippen LogP contribution in [0.2, 0.25) is 0 Å². The summed E-state index contributed by atoms with van der Waals surface area (Å²) in [7, 11) is 3.45. The van der Waals surface area contributed by atoms with Gasteiger partial charge in [-0.3, -0.25) is 14.6 Å². The minimum Gasteiger partial charge on any atom is -0.497 e. The number of rotatable bonds is 6. The number of nitrogens with zero attached hydrogens (tertiary/aromatic N) is 2. The van der Waals surface area contributed by atoms with E-state index in [9.17, 15) is 9.59 Å². The fourth-order valence-corrected chi connectivity index (χ4v) is 3.43. The number of aryl methyl sites for hydroxylation is 1. The lowest BCUT2D eigenvalue weighted by Crippen LogP contribution is -2.28. The molecule has 0 spiro atoms. The molecule has 158 valence electrons. The molecule has 4 rings (SSSR count). The lowest BCUT2D eigenvalue weighted by Gasteiger charge is -2.17. The van der Waals surface area contributed by atoms with Gasteiger partial charge in [-0.2, -0.15) is 0 Å². The molecular weight excluding hydrogens is 390 g/mol. The summed E-state index contributed by atoms with van der Waals surface area (Å²) < 4.78 is 5.13. The molecule has 0 aliphatic heterocycles. The van der Waals surface area contributed by atoms with Crippen LogP contribution >= 0.6 is 0 Å². The van der Waals surface area contributed by atoms with Gasteiger partial charge in [-0.15, -0.1) is 0 Å². The van der Waals surface area contributed by atoms with Crippen molar-refractivity contribution in [1.82, 2.24) is 9.88 Å². The highest BCUT2D eigenvalue weighted by molar-refractivity contribution is 6.04. The van der Waals surface area contributed by atoms with Gasteiger partial charge in [0.25, 0.3) is 11.8 Å². The molecule has 1 heterocycles. The quantitative estimate of drug-likeness (QED) is 0.641. The first-order valence-corrected chi connectivity index (χ1v) is 10.3. The van der Waals surface area contributed by atoms with Crippen LogP contribution in [-0.4, -0.2) is 41.9 Å². The molecule has 1 aromatic heterocycles. The highest BCUT2D eigenvalue weighted by Crippen LogP contribution is 2.28. The average molecular weight is 415 g/mol. The second-order valence-corrected chi connectivity index (χ2v) is 7.79. The molecule has 1 aliphatic carbocycles. The van der Waals surface area contributed by atoms with Crippen LogP contribution in [0.15, 0.2) is 60.8 Å². The Balaban J connectivity index is 1.51. The van der Waals surface area contributed by atoms with Crippen LogP contribution in [-0.2, 0) is 0 Å². The van der Waals surface area contributed by atoms with Crippen molar-refractivity contribution in [2.24, 2.45) is 0 Å². The molecule has 1 aliphatic rings. The maximum Gasteiger partial charge on any atom is 0.257 e. The summed E-state index contributed by atoms with van der Waals surface area (Å²) in [5, 5.41) is 2.85. The Kier molecular flexibility index (Phi) is 5.71. The Bertz CT molecular complexity index is 1100. The van der Waals surface area contributed by atoms with E-state index >= 15 is 0 Å². The molecule has 3 aromatic rings. The van der Waals surface area contributed by atoms with Gasteiger partial charge in [0.2, 0.25) is 0 Å². The van der Waals surface area contributed by atoms with Crippen LogP contribution < -0.4 is 10.1 Å². The van der Waals surface area contributed by atoms with E-state index < -0.39 is 0 Å². The highest BCUT2D eigenvalue weighted by Gasteiger charge is 2.30. The van der Waals surface area contributed by atoms with Crippen LogP contribution in [0.5, 0.6) is 5.75 Å². The van der Waals surface area contributed by atoms with Crippen LogP contribution in [0.3, 0.4) is 0 Å². The predicted molar refractivity (Wildman–Crippen MR) is 120 cm³/mol. The summed E-state index contributed by atoms with van der Waals surface area (Å²) >= 11 is 0. The number of aromatic nitrogens is 1. The molecule has 0 atom stereocenters. The molecule has 2 amide bonds. The number of anilines is 1. The Morgan fingerprint density at radius 1 is 1.03 bits per heavy atom. The number of hydrogen-bond acceptors (Lipinski definition) is 4. The maximum atomic E-state index is 12.7. The number of methoxy groups -OCH3 is 1. The van der Waals surface area contributed by atoms with Crippen molar-refractivity contribution in [3.05, 3.63) is 77.5 Å². The van der Waals surface area contributed by atoms with E-state index in [1.165, 1.54) is 0 Å². The normalized spacial score (nSPS) is 12.9. The molecule has 1 saturated carbocycles. The first-order chi connectivity index (χ1) is 15.0. The van der Waals surface area contributed by atoms with Gasteiger partial charge in [0.15, 0.2) is 0 Å². The van der Waals surface area contributed by atoms with Crippen LogP contribution in [0.25, 0.3) is 11.3 Å². The Hall–Kier alpha value is -3.67. The number of hydrogen-bond donors (Lipinski definition) is 1. The molecule has 6 heteroatoms. The van der Waals surface area contributed by atoms with Crippen molar-refractivity contribution in [3.8, 4) is 17.0 Å². The summed E-state index contributed by atoms with van der Waals surface area (Å²) in [6, 6.07) is 16.7. The Morgan fingerprint density at radius 2 is 1.74 bits per heavy atom. The number of nitrogens with one attached hydrogen (secondary N) is 1. The third-order valence-corrected chi connectivity index (χ3v) is 5.55. The molecule has 0 saturated heterocycles. The van der Waals surface area contributed by atoms with Gasteiger partial charge in [-0.1, -0.05) is 6.07 Å². The Labute approximate surface area is 181 Å². The predicted octanol–water partition coefficient (Wildman–Crippen LogP) is 4.55. The molecule has 0 unspecified atom stereocenters. The minimum atomic E-state index is -0.240. The fraction of sp³-hybridized carbons (Fsp3) is 0.240. The van der Waals surface area contributed by atoms with Crippen LogP contribution in [0.1, 0.15) is 39.1 Å². The van der Waals surface area contributed by atoms with Crippen molar-refractivity contribution in [2.45, 2.75) is 25.8 Å². The minimum absolute atomic E-state index is 0.0271. The zero-order valence-corrected chi connectivity index (χ0v) is 17.9. The third kappa shape index (κ3) is 4.58. The largest absolute Gasteiger partial charge is 0.497 e. The van der Waals surface area contributed by atoms with Crippen molar-refractivity contribution >= 4 is 17.5 Å². The van der Waals surface area contributed by atoms with E-state index in [1.54, 1.807) is 43.6 Å². The number of carbonyl (C=O) groups excluding carboxylic acids is 2. The average Bonchev–Trinajstić information content (AvgIpc) is 3.64. The second kappa shape index (κ2) is 8.60. The van der Waals surface area contributed by atoms with Gasteiger partial charge >= 0.3 is 0 Å². The number of benzene rings is 2. The Morgan fingerprint density at radius 3 is 2.35 bits per heavy atom. The number of pyridine rings is 1. The molecular formula is C25H25N3O3. The first kappa shape index (κ1) is 20.6. The van der Waals surface area contributed by atoms with Crippen LogP contribution in [0, 0.1) is 6.92 Å². The van der Waals surface area contributed by atoms with Gasteiger partial charge < -0.3 is 15.0 Å². The number of carbonyl (C=O) groups is 2.